The third-order valence-corrected chi connectivity index (χ3v) is 3.69. The molecule has 5 nitrogen and oxygen atoms in total. The number of carbonyl (C=O) groups is 1. The SMILES string of the molecule is O=C(c1cccc(F)c1)N1CCCN(c2ncccn2)CC1. The van der Waals surface area contributed by atoms with E-state index in [0.29, 0.717) is 31.1 Å². The van der Waals surface area contributed by atoms with E-state index in [9.17, 15) is 9.18 Å². The highest BCUT2D eigenvalue weighted by Crippen LogP contribution is 2.13. The lowest BCUT2D eigenvalue weighted by molar-refractivity contribution is 0.0766. The number of rotatable bonds is 2. The lowest BCUT2D eigenvalue weighted by Crippen LogP contribution is -2.35. The molecule has 0 aliphatic carbocycles. The van der Waals surface area contributed by atoms with Crippen LogP contribution in [-0.2, 0) is 0 Å². The largest absolute Gasteiger partial charge is 0.339 e. The highest BCUT2D eigenvalue weighted by molar-refractivity contribution is 5.94. The second-order valence-corrected chi connectivity index (χ2v) is 5.19. The summed E-state index contributed by atoms with van der Waals surface area (Å²) in [6.07, 6.45) is 4.26. The Morgan fingerprint density at radius 1 is 1.05 bits per heavy atom. The third kappa shape index (κ3) is 3.21. The average molecular weight is 300 g/mol. The molecule has 0 atom stereocenters. The Kier molecular flexibility index (Phi) is 4.27. The second kappa shape index (κ2) is 6.51. The van der Waals surface area contributed by atoms with Crippen LogP contribution in [0.25, 0.3) is 0 Å². The summed E-state index contributed by atoms with van der Waals surface area (Å²) in [6, 6.07) is 7.61. The first kappa shape index (κ1) is 14.4. The van der Waals surface area contributed by atoms with Crippen molar-refractivity contribution in [3.05, 3.63) is 54.1 Å². The van der Waals surface area contributed by atoms with Crippen LogP contribution in [0.3, 0.4) is 0 Å². The summed E-state index contributed by atoms with van der Waals surface area (Å²) in [5, 5.41) is 0. The van der Waals surface area contributed by atoms with Gasteiger partial charge in [0.05, 0.1) is 0 Å². The monoisotopic (exact) mass is 300 g/mol. The molecule has 1 aromatic heterocycles. The Hall–Kier alpha value is -2.50. The third-order valence-electron chi connectivity index (χ3n) is 3.69. The molecule has 1 amide bonds. The summed E-state index contributed by atoms with van der Waals surface area (Å²) in [6.45, 7) is 2.70. The Morgan fingerprint density at radius 3 is 2.64 bits per heavy atom. The molecule has 0 bridgehead atoms. The van der Waals surface area contributed by atoms with Crippen molar-refractivity contribution in [2.45, 2.75) is 6.42 Å². The van der Waals surface area contributed by atoms with Gasteiger partial charge in [-0.05, 0) is 30.7 Å². The fraction of sp³-hybridized carbons (Fsp3) is 0.312. The Bertz CT molecular complexity index is 650. The zero-order valence-corrected chi connectivity index (χ0v) is 12.2. The van der Waals surface area contributed by atoms with E-state index < -0.39 is 0 Å². The fourth-order valence-corrected chi connectivity index (χ4v) is 2.58. The van der Waals surface area contributed by atoms with Gasteiger partial charge in [0.1, 0.15) is 5.82 Å². The van der Waals surface area contributed by atoms with Crippen molar-refractivity contribution < 1.29 is 9.18 Å². The smallest absolute Gasteiger partial charge is 0.254 e. The van der Waals surface area contributed by atoms with Crippen molar-refractivity contribution in [2.75, 3.05) is 31.1 Å². The normalized spacial score (nSPS) is 15.5. The molecule has 114 valence electrons. The van der Waals surface area contributed by atoms with E-state index in [2.05, 4.69) is 14.9 Å². The van der Waals surface area contributed by atoms with E-state index in [1.807, 2.05) is 0 Å². The zero-order valence-electron chi connectivity index (χ0n) is 12.2. The quantitative estimate of drug-likeness (QED) is 0.851. The van der Waals surface area contributed by atoms with Gasteiger partial charge in [0.15, 0.2) is 0 Å². The number of carbonyl (C=O) groups excluding carboxylic acids is 1. The minimum atomic E-state index is -0.389. The van der Waals surface area contributed by atoms with Gasteiger partial charge < -0.3 is 9.80 Å². The van der Waals surface area contributed by atoms with E-state index in [4.69, 9.17) is 0 Å². The zero-order chi connectivity index (χ0) is 15.4. The van der Waals surface area contributed by atoms with Gasteiger partial charge in [0.2, 0.25) is 5.95 Å². The van der Waals surface area contributed by atoms with E-state index in [1.54, 1.807) is 35.5 Å². The highest BCUT2D eigenvalue weighted by Gasteiger charge is 2.21. The minimum absolute atomic E-state index is 0.129. The maximum Gasteiger partial charge on any atom is 0.254 e. The van der Waals surface area contributed by atoms with Crippen LogP contribution in [-0.4, -0.2) is 47.0 Å². The molecule has 2 aromatic rings. The van der Waals surface area contributed by atoms with Gasteiger partial charge in [-0.15, -0.1) is 0 Å². The molecule has 1 aromatic carbocycles. The van der Waals surface area contributed by atoms with Crippen molar-refractivity contribution in [3.63, 3.8) is 0 Å². The lowest BCUT2D eigenvalue weighted by atomic mass is 10.2. The number of nitrogens with zero attached hydrogens (tertiary/aromatic N) is 4. The molecule has 0 radical (unpaired) electrons. The van der Waals surface area contributed by atoms with Gasteiger partial charge in [0.25, 0.3) is 5.91 Å². The lowest BCUT2D eigenvalue weighted by Gasteiger charge is -2.22. The highest BCUT2D eigenvalue weighted by atomic mass is 19.1. The standard InChI is InChI=1S/C16H17FN4O/c17-14-5-1-4-13(12-14)15(22)20-8-3-9-21(11-10-20)16-18-6-2-7-19-16/h1-2,4-7,12H,3,8-11H2. The van der Waals surface area contributed by atoms with Gasteiger partial charge in [-0.2, -0.15) is 0 Å². The van der Waals surface area contributed by atoms with Crippen LogP contribution in [0.2, 0.25) is 0 Å². The number of hydrogen-bond acceptors (Lipinski definition) is 4. The first-order valence-electron chi connectivity index (χ1n) is 7.31. The summed E-state index contributed by atoms with van der Waals surface area (Å²) in [7, 11) is 0. The molecule has 0 unspecified atom stereocenters. The predicted octanol–water partition coefficient (Wildman–Crippen LogP) is 1.97. The number of hydrogen-bond donors (Lipinski definition) is 0. The molecule has 3 rings (SSSR count). The minimum Gasteiger partial charge on any atom is -0.339 e. The van der Waals surface area contributed by atoms with Crippen LogP contribution in [0.4, 0.5) is 10.3 Å². The van der Waals surface area contributed by atoms with E-state index in [1.165, 1.54) is 12.1 Å². The Labute approximate surface area is 128 Å². The van der Waals surface area contributed by atoms with Gasteiger partial charge in [-0.3, -0.25) is 4.79 Å². The maximum atomic E-state index is 13.3. The van der Waals surface area contributed by atoms with Crippen molar-refractivity contribution in [3.8, 4) is 0 Å². The first-order valence-corrected chi connectivity index (χ1v) is 7.31. The van der Waals surface area contributed by atoms with Crippen LogP contribution in [0.15, 0.2) is 42.7 Å². The molecular formula is C16H17FN4O. The van der Waals surface area contributed by atoms with Crippen LogP contribution >= 0.6 is 0 Å². The van der Waals surface area contributed by atoms with Crippen molar-refractivity contribution in [1.29, 1.82) is 0 Å². The first-order chi connectivity index (χ1) is 10.7. The summed E-state index contributed by atoms with van der Waals surface area (Å²) in [5.74, 6) is 0.165. The van der Waals surface area contributed by atoms with Crippen LogP contribution in [0.5, 0.6) is 0 Å². The number of amides is 1. The topological polar surface area (TPSA) is 49.3 Å². The molecule has 0 saturated carbocycles. The molecule has 2 heterocycles. The summed E-state index contributed by atoms with van der Waals surface area (Å²) >= 11 is 0. The van der Waals surface area contributed by atoms with E-state index >= 15 is 0 Å². The predicted molar refractivity (Wildman–Crippen MR) is 81.2 cm³/mol. The molecule has 0 spiro atoms. The Balaban J connectivity index is 1.69. The van der Waals surface area contributed by atoms with Crippen molar-refractivity contribution >= 4 is 11.9 Å². The number of benzene rings is 1. The summed E-state index contributed by atoms with van der Waals surface area (Å²) in [4.78, 5) is 24.8. The van der Waals surface area contributed by atoms with Crippen LogP contribution < -0.4 is 4.90 Å². The van der Waals surface area contributed by atoms with E-state index in [-0.39, 0.29) is 11.7 Å². The van der Waals surface area contributed by atoms with Gasteiger partial charge in [-0.1, -0.05) is 6.07 Å². The maximum absolute atomic E-state index is 13.3. The summed E-state index contributed by atoms with van der Waals surface area (Å²) in [5.41, 5.74) is 0.393. The number of anilines is 1. The van der Waals surface area contributed by atoms with Crippen molar-refractivity contribution in [2.24, 2.45) is 0 Å². The van der Waals surface area contributed by atoms with Gasteiger partial charge in [0, 0.05) is 44.1 Å². The molecule has 0 N–H and O–H groups in total. The molecule has 1 aliphatic rings. The molecule has 1 fully saturated rings. The van der Waals surface area contributed by atoms with E-state index in [0.717, 1.165) is 13.0 Å². The number of halogens is 1. The van der Waals surface area contributed by atoms with Crippen molar-refractivity contribution in [1.82, 2.24) is 14.9 Å². The molecule has 1 aliphatic heterocycles. The van der Waals surface area contributed by atoms with Gasteiger partial charge >= 0.3 is 0 Å². The molecule has 1 saturated heterocycles. The van der Waals surface area contributed by atoms with Gasteiger partial charge in [-0.25, -0.2) is 14.4 Å². The Morgan fingerprint density at radius 2 is 1.86 bits per heavy atom. The number of aromatic nitrogens is 2. The van der Waals surface area contributed by atoms with Crippen LogP contribution in [0.1, 0.15) is 16.8 Å². The fourth-order valence-electron chi connectivity index (χ4n) is 2.58. The van der Waals surface area contributed by atoms with Crippen LogP contribution in [0, 0.1) is 5.82 Å². The molecule has 6 heteroatoms. The average Bonchev–Trinajstić information content (AvgIpc) is 2.81. The summed E-state index contributed by atoms with van der Waals surface area (Å²) < 4.78 is 13.3. The second-order valence-electron chi connectivity index (χ2n) is 5.19. The molecular weight excluding hydrogens is 283 g/mol. The molecule has 22 heavy (non-hydrogen) atoms.